The van der Waals surface area contributed by atoms with Crippen molar-refractivity contribution in [2.45, 2.75) is 57.3 Å². The Morgan fingerprint density at radius 1 is 1.30 bits per heavy atom. The van der Waals surface area contributed by atoms with Gasteiger partial charge in [-0.05, 0) is 25.3 Å². The van der Waals surface area contributed by atoms with E-state index in [9.17, 15) is 9.18 Å². The first-order chi connectivity index (χ1) is 9.72. The number of amides is 1. The van der Waals surface area contributed by atoms with E-state index in [0.717, 1.165) is 32.1 Å². The van der Waals surface area contributed by atoms with Crippen LogP contribution >= 0.6 is 0 Å². The maximum atomic E-state index is 14.1. The van der Waals surface area contributed by atoms with Crippen molar-refractivity contribution in [2.75, 3.05) is 0 Å². The number of hydrogen-bond donors (Lipinski definition) is 1. The minimum Gasteiger partial charge on any atom is -0.318 e. The van der Waals surface area contributed by atoms with Crippen molar-refractivity contribution in [3.05, 3.63) is 35.6 Å². The van der Waals surface area contributed by atoms with Crippen molar-refractivity contribution >= 4 is 5.91 Å². The highest BCUT2D eigenvalue weighted by Gasteiger charge is 2.43. The smallest absolute Gasteiger partial charge is 0.241 e. The predicted molar refractivity (Wildman–Crippen MR) is 75.5 cm³/mol. The van der Waals surface area contributed by atoms with Gasteiger partial charge in [-0.25, -0.2) is 4.39 Å². The first-order valence-electron chi connectivity index (χ1n) is 7.55. The summed E-state index contributed by atoms with van der Waals surface area (Å²) < 4.78 is 14.1. The largest absolute Gasteiger partial charge is 0.318 e. The van der Waals surface area contributed by atoms with Gasteiger partial charge in [0.15, 0.2) is 0 Å². The molecule has 1 aliphatic heterocycles. The van der Waals surface area contributed by atoms with E-state index >= 15 is 0 Å². The third kappa shape index (κ3) is 2.22. The molecule has 2 atom stereocenters. The summed E-state index contributed by atoms with van der Waals surface area (Å²) in [4.78, 5) is 14.5. The van der Waals surface area contributed by atoms with E-state index in [-0.39, 0.29) is 30.0 Å². The molecule has 20 heavy (non-hydrogen) atoms. The standard InChI is InChI=1S/C16H21FN2O/c1-2-14-16(20)19(11-7-3-4-8-11)15(18-14)12-9-5-6-10-13(12)17/h5-6,9-11,14-15,18H,2-4,7-8H2,1H3. The third-order valence-electron chi connectivity index (χ3n) is 4.52. The molecule has 2 unspecified atom stereocenters. The number of hydrogen-bond acceptors (Lipinski definition) is 2. The first-order valence-corrected chi connectivity index (χ1v) is 7.55. The van der Waals surface area contributed by atoms with Crippen LogP contribution in [0.25, 0.3) is 0 Å². The van der Waals surface area contributed by atoms with Crippen LogP contribution in [0.5, 0.6) is 0 Å². The van der Waals surface area contributed by atoms with Gasteiger partial charge in [0.2, 0.25) is 5.91 Å². The number of carbonyl (C=O) groups is 1. The van der Waals surface area contributed by atoms with Crippen molar-refractivity contribution in [1.29, 1.82) is 0 Å². The molecule has 3 nitrogen and oxygen atoms in total. The van der Waals surface area contributed by atoms with Crippen molar-refractivity contribution < 1.29 is 9.18 Å². The van der Waals surface area contributed by atoms with Gasteiger partial charge in [-0.2, -0.15) is 0 Å². The summed E-state index contributed by atoms with van der Waals surface area (Å²) >= 11 is 0. The Hall–Kier alpha value is -1.42. The lowest BCUT2D eigenvalue weighted by Gasteiger charge is -2.30. The molecule has 0 aromatic heterocycles. The van der Waals surface area contributed by atoms with Crippen molar-refractivity contribution in [3.8, 4) is 0 Å². The van der Waals surface area contributed by atoms with E-state index in [4.69, 9.17) is 0 Å². The maximum Gasteiger partial charge on any atom is 0.241 e. The highest BCUT2D eigenvalue weighted by Crippen LogP contribution is 2.35. The van der Waals surface area contributed by atoms with E-state index in [2.05, 4.69) is 5.32 Å². The molecule has 1 aliphatic carbocycles. The molecule has 1 heterocycles. The maximum absolute atomic E-state index is 14.1. The lowest BCUT2D eigenvalue weighted by Crippen LogP contribution is -2.38. The normalized spacial score (nSPS) is 27.5. The Labute approximate surface area is 119 Å². The second-order valence-electron chi connectivity index (χ2n) is 5.74. The third-order valence-corrected chi connectivity index (χ3v) is 4.52. The van der Waals surface area contributed by atoms with E-state index in [0.29, 0.717) is 5.56 Å². The molecular weight excluding hydrogens is 255 g/mol. The second kappa shape index (κ2) is 5.52. The van der Waals surface area contributed by atoms with E-state index < -0.39 is 0 Å². The number of benzene rings is 1. The first kappa shape index (κ1) is 13.6. The molecule has 0 spiro atoms. The number of carbonyl (C=O) groups excluding carboxylic acids is 1. The number of rotatable bonds is 3. The molecule has 1 amide bonds. The van der Waals surface area contributed by atoms with Crippen LogP contribution in [0.1, 0.15) is 50.8 Å². The fourth-order valence-corrected chi connectivity index (χ4v) is 3.45. The second-order valence-corrected chi connectivity index (χ2v) is 5.74. The molecule has 2 aliphatic rings. The Bertz CT molecular complexity index is 499. The van der Waals surface area contributed by atoms with Gasteiger partial charge in [0, 0.05) is 11.6 Å². The molecule has 1 N–H and O–H groups in total. The van der Waals surface area contributed by atoms with Crippen LogP contribution in [0, 0.1) is 5.82 Å². The Kier molecular flexibility index (Phi) is 3.74. The summed E-state index contributed by atoms with van der Waals surface area (Å²) in [5.41, 5.74) is 0.587. The Morgan fingerprint density at radius 2 is 2.00 bits per heavy atom. The van der Waals surface area contributed by atoms with Crippen molar-refractivity contribution in [1.82, 2.24) is 10.2 Å². The zero-order chi connectivity index (χ0) is 14.1. The molecule has 4 heteroatoms. The SMILES string of the molecule is CCC1NC(c2ccccc2F)N(C2CCCC2)C1=O. The Morgan fingerprint density at radius 3 is 2.65 bits per heavy atom. The summed E-state index contributed by atoms with van der Waals surface area (Å²) in [6.07, 6.45) is 4.83. The van der Waals surface area contributed by atoms with Gasteiger partial charge in [0.05, 0.1) is 6.04 Å². The van der Waals surface area contributed by atoms with Crippen molar-refractivity contribution in [2.24, 2.45) is 0 Å². The lowest BCUT2D eigenvalue weighted by atomic mass is 10.1. The molecular formula is C16H21FN2O. The average molecular weight is 276 g/mol. The fourth-order valence-electron chi connectivity index (χ4n) is 3.45. The van der Waals surface area contributed by atoms with Crippen LogP contribution in [0.15, 0.2) is 24.3 Å². The van der Waals surface area contributed by atoms with Gasteiger partial charge < -0.3 is 4.90 Å². The van der Waals surface area contributed by atoms with Gasteiger partial charge in [-0.3, -0.25) is 10.1 Å². The van der Waals surface area contributed by atoms with Gasteiger partial charge in [0.1, 0.15) is 12.0 Å². The van der Waals surface area contributed by atoms with Crippen LogP contribution in [0.3, 0.4) is 0 Å². The molecule has 108 valence electrons. The summed E-state index contributed by atoms with van der Waals surface area (Å²) in [6.45, 7) is 1.99. The van der Waals surface area contributed by atoms with Crippen LogP contribution in [-0.2, 0) is 4.79 Å². The minimum absolute atomic E-state index is 0.132. The molecule has 1 aromatic carbocycles. The van der Waals surface area contributed by atoms with Crippen LogP contribution in [-0.4, -0.2) is 22.9 Å². The lowest BCUT2D eigenvalue weighted by molar-refractivity contribution is -0.132. The molecule has 3 rings (SSSR count). The van der Waals surface area contributed by atoms with Crippen LogP contribution < -0.4 is 5.32 Å². The molecule has 2 fully saturated rings. The zero-order valence-corrected chi connectivity index (χ0v) is 11.8. The van der Waals surface area contributed by atoms with E-state index in [1.165, 1.54) is 6.07 Å². The van der Waals surface area contributed by atoms with Gasteiger partial charge in [-0.1, -0.05) is 38.0 Å². The Balaban J connectivity index is 1.94. The summed E-state index contributed by atoms with van der Waals surface area (Å²) in [7, 11) is 0. The molecule has 1 saturated carbocycles. The predicted octanol–water partition coefficient (Wildman–Crippen LogP) is 2.98. The van der Waals surface area contributed by atoms with Crippen LogP contribution in [0.2, 0.25) is 0 Å². The molecule has 1 saturated heterocycles. The summed E-state index contributed by atoms with van der Waals surface area (Å²) in [5.74, 6) is -0.106. The van der Waals surface area contributed by atoms with Crippen LogP contribution in [0.4, 0.5) is 4.39 Å². The van der Waals surface area contributed by atoms with Crippen molar-refractivity contribution in [3.63, 3.8) is 0 Å². The monoisotopic (exact) mass is 276 g/mol. The minimum atomic E-state index is -0.309. The van der Waals surface area contributed by atoms with E-state index in [1.807, 2.05) is 17.9 Å². The average Bonchev–Trinajstić information content (AvgIpc) is 3.06. The molecule has 1 aromatic rings. The highest BCUT2D eigenvalue weighted by molar-refractivity contribution is 5.84. The van der Waals surface area contributed by atoms with Gasteiger partial charge >= 0.3 is 0 Å². The van der Waals surface area contributed by atoms with Gasteiger partial charge in [-0.15, -0.1) is 0 Å². The van der Waals surface area contributed by atoms with E-state index in [1.54, 1.807) is 12.1 Å². The molecule has 0 bridgehead atoms. The zero-order valence-electron chi connectivity index (χ0n) is 11.8. The quantitative estimate of drug-likeness (QED) is 0.920. The van der Waals surface area contributed by atoms with Gasteiger partial charge in [0.25, 0.3) is 0 Å². The number of halogens is 1. The number of nitrogens with one attached hydrogen (secondary N) is 1. The summed E-state index contributed by atoms with van der Waals surface area (Å²) in [6, 6.07) is 6.84. The highest BCUT2D eigenvalue weighted by atomic mass is 19.1. The number of nitrogens with zero attached hydrogens (tertiary/aromatic N) is 1. The topological polar surface area (TPSA) is 32.3 Å². The summed E-state index contributed by atoms with van der Waals surface area (Å²) in [5, 5.41) is 3.31. The molecule has 0 radical (unpaired) electrons. The fraction of sp³-hybridized carbons (Fsp3) is 0.562.